The lowest BCUT2D eigenvalue weighted by molar-refractivity contribution is -0.141. The van der Waals surface area contributed by atoms with Crippen molar-refractivity contribution in [2.75, 3.05) is 0 Å². The predicted octanol–water partition coefficient (Wildman–Crippen LogP) is 0.771. The Kier molecular flexibility index (Phi) is 2.71. The molecule has 1 N–H and O–H groups in total. The summed E-state index contributed by atoms with van der Waals surface area (Å²) in [6.45, 7) is 1.73. The summed E-state index contributed by atoms with van der Waals surface area (Å²) in [6, 6.07) is 2.59. The van der Waals surface area contributed by atoms with Crippen LogP contribution in [-0.4, -0.2) is 25.2 Å². The number of carboxylic acid groups (broad SMARTS) is 1. The number of rotatable bonds is 3. The fourth-order valence-corrected chi connectivity index (χ4v) is 1.94. The highest BCUT2D eigenvalue weighted by atomic mass is 16.4. The number of imidazole rings is 1. The number of aliphatic carboxylic acids is 1. The smallest absolute Gasteiger partial charge is 0.330 e. The molecule has 6 nitrogen and oxygen atoms in total. The number of carboxylic acids is 1. The van der Waals surface area contributed by atoms with E-state index < -0.39 is 12.0 Å². The average Bonchev–Trinajstić information content (AvgIpc) is 2.56. The van der Waals surface area contributed by atoms with Gasteiger partial charge in [-0.3, -0.25) is 9.13 Å². The molecule has 0 spiro atoms. The van der Waals surface area contributed by atoms with Gasteiger partial charge < -0.3 is 5.11 Å². The first kappa shape index (κ1) is 11.4. The third-order valence-corrected chi connectivity index (χ3v) is 2.83. The highest BCUT2D eigenvalue weighted by Gasteiger charge is 2.23. The van der Waals surface area contributed by atoms with Gasteiger partial charge in [0.25, 0.3) is 0 Å². The Morgan fingerprint density at radius 3 is 2.88 bits per heavy atom. The summed E-state index contributed by atoms with van der Waals surface area (Å²) in [5.74, 6) is -1.02. The van der Waals surface area contributed by atoms with E-state index in [9.17, 15) is 9.59 Å². The first-order chi connectivity index (χ1) is 8.07. The number of nitrogens with zero attached hydrogens (tertiary/aromatic N) is 3. The number of aryl methyl sites for hydroxylation is 1. The van der Waals surface area contributed by atoms with Crippen LogP contribution in [0.5, 0.6) is 0 Å². The zero-order chi connectivity index (χ0) is 12.6. The number of fused-ring (bicyclic) bond motifs is 1. The lowest BCUT2D eigenvalue weighted by Crippen LogP contribution is -2.30. The van der Waals surface area contributed by atoms with Gasteiger partial charge in [0.05, 0.1) is 5.52 Å². The molecule has 0 bridgehead atoms. The molecule has 0 radical (unpaired) electrons. The van der Waals surface area contributed by atoms with Gasteiger partial charge in [-0.1, -0.05) is 6.92 Å². The van der Waals surface area contributed by atoms with Crippen molar-refractivity contribution in [1.29, 1.82) is 0 Å². The molecular formula is C11H13N3O3. The summed E-state index contributed by atoms with van der Waals surface area (Å²) in [5, 5.41) is 9.12. The summed E-state index contributed by atoms with van der Waals surface area (Å²) in [7, 11) is 1.61. The second-order valence-electron chi connectivity index (χ2n) is 3.82. The van der Waals surface area contributed by atoms with E-state index in [-0.39, 0.29) is 5.69 Å². The lowest BCUT2D eigenvalue weighted by Gasteiger charge is -2.10. The Labute approximate surface area is 97.1 Å². The van der Waals surface area contributed by atoms with E-state index in [4.69, 9.17) is 5.11 Å². The van der Waals surface area contributed by atoms with Crippen LogP contribution in [0.2, 0.25) is 0 Å². The monoisotopic (exact) mass is 235 g/mol. The van der Waals surface area contributed by atoms with Crippen molar-refractivity contribution in [3.05, 3.63) is 28.8 Å². The largest absolute Gasteiger partial charge is 0.480 e. The summed E-state index contributed by atoms with van der Waals surface area (Å²) in [6.07, 6.45) is 1.89. The van der Waals surface area contributed by atoms with Gasteiger partial charge in [0.15, 0.2) is 5.65 Å². The van der Waals surface area contributed by atoms with Gasteiger partial charge in [0, 0.05) is 13.2 Å². The Hall–Kier alpha value is -2.11. The molecule has 0 fully saturated rings. The molecule has 2 aromatic heterocycles. The van der Waals surface area contributed by atoms with E-state index in [2.05, 4.69) is 4.98 Å². The maximum Gasteiger partial charge on any atom is 0.330 e. The zero-order valence-corrected chi connectivity index (χ0v) is 9.62. The highest BCUT2D eigenvalue weighted by molar-refractivity contribution is 5.77. The van der Waals surface area contributed by atoms with Gasteiger partial charge in [-0.05, 0) is 18.6 Å². The minimum atomic E-state index is -1.02. The van der Waals surface area contributed by atoms with Gasteiger partial charge in [0.1, 0.15) is 6.04 Å². The molecule has 0 amide bonds. The Morgan fingerprint density at radius 1 is 1.59 bits per heavy atom. The summed E-state index contributed by atoms with van der Waals surface area (Å²) in [5.41, 5.74) is 0.694. The molecule has 0 saturated heterocycles. The normalized spacial score (nSPS) is 12.8. The SMILES string of the molecule is CCC(C(=O)O)n1c(=O)n(C)c2cccnc21. The van der Waals surface area contributed by atoms with Crippen LogP contribution in [0, 0.1) is 0 Å². The van der Waals surface area contributed by atoms with E-state index in [1.807, 2.05) is 0 Å². The minimum Gasteiger partial charge on any atom is -0.480 e. The topological polar surface area (TPSA) is 77.1 Å². The molecular weight excluding hydrogens is 222 g/mol. The Morgan fingerprint density at radius 2 is 2.29 bits per heavy atom. The van der Waals surface area contributed by atoms with Crippen LogP contribution in [0.15, 0.2) is 23.1 Å². The highest BCUT2D eigenvalue weighted by Crippen LogP contribution is 2.16. The van der Waals surface area contributed by atoms with Crippen LogP contribution in [0.3, 0.4) is 0 Å². The Balaban J connectivity index is 2.81. The van der Waals surface area contributed by atoms with E-state index in [1.165, 1.54) is 9.13 Å². The molecule has 2 heterocycles. The standard InChI is InChI=1S/C11H13N3O3/c1-3-7(10(15)16)14-9-8(5-4-6-12-9)13(2)11(14)17/h4-7H,3H2,1-2H3,(H,15,16). The molecule has 6 heteroatoms. The van der Waals surface area contributed by atoms with E-state index in [0.717, 1.165) is 0 Å². The molecule has 0 saturated carbocycles. The number of hydrogen-bond acceptors (Lipinski definition) is 3. The summed E-state index contributed by atoms with van der Waals surface area (Å²) < 4.78 is 2.64. The van der Waals surface area contributed by atoms with Crippen LogP contribution < -0.4 is 5.69 Å². The summed E-state index contributed by atoms with van der Waals surface area (Å²) in [4.78, 5) is 27.2. The van der Waals surface area contributed by atoms with E-state index in [1.54, 1.807) is 32.3 Å². The molecule has 0 aromatic carbocycles. The molecule has 90 valence electrons. The maximum absolute atomic E-state index is 12.0. The van der Waals surface area contributed by atoms with Gasteiger partial charge in [-0.2, -0.15) is 0 Å². The number of hydrogen-bond donors (Lipinski definition) is 1. The van der Waals surface area contributed by atoms with Crippen LogP contribution in [0.25, 0.3) is 11.2 Å². The van der Waals surface area contributed by atoms with Gasteiger partial charge in [0.2, 0.25) is 0 Å². The number of carbonyl (C=O) groups is 1. The van der Waals surface area contributed by atoms with Crippen molar-refractivity contribution >= 4 is 17.1 Å². The molecule has 17 heavy (non-hydrogen) atoms. The fraction of sp³-hybridized carbons (Fsp3) is 0.364. The Bertz CT molecular complexity index is 626. The van der Waals surface area contributed by atoms with Crippen molar-refractivity contribution in [2.45, 2.75) is 19.4 Å². The van der Waals surface area contributed by atoms with Crippen molar-refractivity contribution < 1.29 is 9.90 Å². The molecule has 0 aliphatic carbocycles. The van der Waals surface area contributed by atoms with Crippen LogP contribution in [0.1, 0.15) is 19.4 Å². The maximum atomic E-state index is 12.0. The second-order valence-corrected chi connectivity index (χ2v) is 3.82. The van der Waals surface area contributed by atoms with Crippen molar-refractivity contribution in [2.24, 2.45) is 7.05 Å². The van der Waals surface area contributed by atoms with E-state index >= 15 is 0 Å². The number of pyridine rings is 1. The van der Waals surface area contributed by atoms with E-state index in [0.29, 0.717) is 17.6 Å². The third kappa shape index (κ3) is 1.61. The number of aromatic nitrogens is 3. The minimum absolute atomic E-state index is 0.338. The van der Waals surface area contributed by atoms with Crippen molar-refractivity contribution in [3.8, 4) is 0 Å². The van der Waals surface area contributed by atoms with Crippen LogP contribution in [-0.2, 0) is 11.8 Å². The molecule has 0 aliphatic rings. The summed E-state index contributed by atoms with van der Waals surface area (Å²) >= 11 is 0. The van der Waals surface area contributed by atoms with Gasteiger partial charge in [-0.15, -0.1) is 0 Å². The predicted molar refractivity (Wildman–Crippen MR) is 61.9 cm³/mol. The molecule has 2 rings (SSSR count). The van der Waals surface area contributed by atoms with Crippen LogP contribution in [0.4, 0.5) is 0 Å². The lowest BCUT2D eigenvalue weighted by atomic mass is 10.2. The van der Waals surface area contributed by atoms with Crippen molar-refractivity contribution in [1.82, 2.24) is 14.1 Å². The molecule has 2 aromatic rings. The van der Waals surface area contributed by atoms with Gasteiger partial charge >= 0.3 is 11.7 Å². The average molecular weight is 235 g/mol. The first-order valence-electron chi connectivity index (χ1n) is 5.32. The molecule has 1 atom stereocenters. The fourth-order valence-electron chi connectivity index (χ4n) is 1.94. The third-order valence-electron chi connectivity index (χ3n) is 2.83. The zero-order valence-electron chi connectivity index (χ0n) is 9.62. The quantitative estimate of drug-likeness (QED) is 0.852. The second kappa shape index (κ2) is 4.04. The van der Waals surface area contributed by atoms with Crippen molar-refractivity contribution in [3.63, 3.8) is 0 Å². The first-order valence-corrected chi connectivity index (χ1v) is 5.32. The molecule has 0 aliphatic heterocycles. The molecule has 1 unspecified atom stereocenters. The van der Waals surface area contributed by atoms with Crippen LogP contribution >= 0.6 is 0 Å². The van der Waals surface area contributed by atoms with Gasteiger partial charge in [-0.25, -0.2) is 14.6 Å².